The number of hydrogen-bond donors (Lipinski definition) is 0. The van der Waals surface area contributed by atoms with E-state index in [2.05, 4.69) is 268 Å². The molecule has 0 amide bonds. The summed E-state index contributed by atoms with van der Waals surface area (Å²) in [5, 5.41) is 2.24. The lowest BCUT2D eigenvalue weighted by Gasteiger charge is -2.33. The van der Waals surface area contributed by atoms with Gasteiger partial charge in [-0.2, -0.15) is 0 Å². The number of ether oxygens (including phenoxy) is 1. The number of fused-ring (bicyclic) bond motifs is 7. The van der Waals surface area contributed by atoms with E-state index in [1.165, 1.54) is 61.2 Å². The minimum absolute atomic E-state index is 0.0672. The van der Waals surface area contributed by atoms with Gasteiger partial charge in [-0.3, -0.25) is 0 Å². The second-order valence-corrected chi connectivity index (χ2v) is 21.2. The van der Waals surface area contributed by atoms with Gasteiger partial charge in [-0.1, -0.05) is 197 Å². The summed E-state index contributed by atoms with van der Waals surface area (Å²) in [4.78, 5) is 4.85. The van der Waals surface area contributed by atoms with E-state index in [1.807, 2.05) is 0 Å². The average molecular weight is 939 g/mol. The summed E-state index contributed by atoms with van der Waals surface area (Å²) < 4.78 is 7.36. The van der Waals surface area contributed by atoms with Crippen molar-refractivity contribution in [1.29, 1.82) is 0 Å². The van der Waals surface area contributed by atoms with Crippen molar-refractivity contribution in [2.45, 2.75) is 51.4 Å². The number of allylic oxidation sites excluding steroid dienone is 4. The molecule has 0 saturated carbocycles. The van der Waals surface area contributed by atoms with Crippen LogP contribution in [0.25, 0.3) is 60.9 Å². The van der Waals surface area contributed by atoms with Crippen LogP contribution < -0.4 is 14.5 Å². The zero-order valence-corrected chi connectivity index (χ0v) is 41.7. The molecule has 1 aliphatic heterocycles. The van der Waals surface area contributed by atoms with Crippen molar-refractivity contribution in [3.63, 3.8) is 0 Å². The molecular formula is C70H54N2O. The van der Waals surface area contributed by atoms with E-state index in [4.69, 9.17) is 4.74 Å². The van der Waals surface area contributed by atoms with E-state index in [1.54, 1.807) is 5.57 Å². The van der Waals surface area contributed by atoms with Crippen LogP contribution in [-0.2, 0) is 10.8 Å². The summed E-state index contributed by atoms with van der Waals surface area (Å²) in [7, 11) is 0. The molecule has 73 heavy (non-hydrogen) atoms. The number of anilines is 6. The van der Waals surface area contributed by atoms with Gasteiger partial charge in [0.2, 0.25) is 0 Å². The minimum atomic E-state index is -0.162. The van der Waals surface area contributed by atoms with Crippen LogP contribution in [0.5, 0.6) is 11.5 Å². The number of rotatable bonds is 8. The second kappa shape index (κ2) is 16.4. The first-order valence-electron chi connectivity index (χ1n) is 25.8. The van der Waals surface area contributed by atoms with E-state index in [0.717, 1.165) is 80.4 Å². The predicted molar refractivity (Wildman–Crippen MR) is 306 cm³/mol. The smallest absolute Gasteiger partial charge is 0.159 e. The highest BCUT2D eigenvalue weighted by Gasteiger charge is 2.39. The Balaban J connectivity index is 0.924. The van der Waals surface area contributed by atoms with Gasteiger partial charge in [-0.15, -0.1) is 0 Å². The van der Waals surface area contributed by atoms with Crippen LogP contribution >= 0.6 is 0 Å². The summed E-state index contributed by atoms with van der Waals surface area (Å²) >= 11 is 0. The number of benzene rings is 10. The summed E-state index contributed by atoms with van der Waals surface area (Å²) in [5.41, 5.74) is 24.2. The van der Waals surface area contributed by atoms with Crippen molar-refractivity contribution in [3.8, 4) is 56.0 Å². The third-order valence-corrected chi connectivity index (χ3v) is 16.4. The highest BCUT2D eigenvalue weighted by Crippen LogP contribution is 2.57. The van der Waals surface area contributed by atoms with E-state index in [-0.39, 0.29) is 10.8 Å². The molecule has 0 atom stereocenters. The summed E-state index contributed by atoms with van der Waals surface area (Å²) in [6.07, 6.45) is 6.89. The molecule has 0 spiro atoms. The lowest BCUT2D eigenvalue weighted by molar-refractivity contribution is 0.488. The first-order chi connectivity index (χ1) is 35.7. The Morgan fingerprint density at radius 2 is 0.932 bits per heavy atom. The van der Waals surface area contributed by atoms with Gasteiger partial charge in [0.25, 0.3) is 0 Å². The number of hydrogen-bond acceptors (Lipinski definition) is 3. The molecule has 0 aromatic heterocycles. The Morgan fingerprint density at radius 1 is 0.397 bits per heavy atom. The molecule has 0 saturated heterocycles. The molecule has 0 bridgehead atoms. The minimum Gasteiger partial charge on any atom is -0.454 e. The van der Waals surface area contributed by atoms with Gasteiger partial charge in [-0.05, 0) is 146 Å². The summed E-state index contributed by atoms with van der Waals surface area (Å²) in [5.74, 6) is 1.68. The van der Waals surface area contributed by atoms with Crippen LogP contribution in [0.1, 0.15) is 62.8 Å². The molecule has 3 aliphatic carbocycles. The predicted octanol–water partition coefficient (Wildman–Crippen LogP) is 19.6. The molecule has 1 heterocycles. The maximum atomic E-state index is 7.36. The molecule has 0 unspecified atom stereocenters. The van der Waals surface area contributed by atoms with Crippen molar-refractivity contribution in [1.82, 2.24) is 0 Å². The Kier molecular flexibility index (Phi) is 9.72. The molecule has 4 aliphatic rings. The molecular weight excluding hydrogens is 885 g/mol. The lowest BCUT2D eigenvalue weighted by Crippen LogP contribution is -2.19. The Bertz CT molecular complexity index is 3920. The van der Waals surface area contributed by atoms with Gasteiger partial charge in [0.05, 0.1) is 11.4 Å². The quantitative estimate of drug-likeness (QED) is 0.151. The third kappa shape index (κ3) is 6.72. The van der Waals surface area contributed by atoms with E-state index >= 15 is 0 Å². The van der Waals surface area contributed by atoms with Gasteiger partial charge >= 0.3 is 0 Å². The van der Waals surface area contributed by atoms with Crippen molar-refractivity contribution >= 4 is 50.5 Å². The van der Waals surface area contributed by atoms with Crippen LogP contribution in [0.15, 0.2) is 236 Å². The third-order valence-electron chi connectivity index (χ3n) is 16.4. The van der Waals surface area contributed by atoms with Crippen LogP contribution in [0.3, 0.4) is 0 Å². The van der Waals surface area contributed by atoms with Crippen LogP contribution in [-0.4, -0.2) is 0 Å². The Labute approximate surface area is 428 Å². The van der Waals surface area contributed by atoms with Gasteiger partial charge in [0, 0.05) is 49.9 Å². The normalized spacial score (nSPS) is 15.0. The van der Waals surface area contributed by atoms with Crippen LogP contribution in [0.2, 0.25) is 0 Å². The van der Waals surface area contributed by atoms with Gasteiger partial charge in [0.15, 0.2) is 5.75 Å². The molecule has 14 rings (SSSR count). The largest absolute Gasteiger partial charge is 0.454 e. The molecule has 0 radical (unpaired) electrons. The van der Waals surface area contributed by atoms with Crippen molar-refractivity contribution in [2.24, 2.45) is 0 Å². The fourth-order valence-corrected chi connectivity index (χ4v) is 12.7. The zero-order valence-electron chi connectivity index (χ0n) is 41.7. The lowest BCUT2D eigenvalue weighted by atomic mass is 9.78. The maximum Gasteiger partial charge on any atom is 0.159 e. The van der Waals surface area contributed by atoms with Crippen LogP contribution in [0, 0.1) is 0 Å². The van der Waals surface area contributed by atoms with E-state index in [9.17, 15) is 0 Å². The SMILES string of the molecule is CC1(C)C2=C(C=CCC2)c2ccc(N(c3ccc(-c4ccccc4)cc3)c3ccc4c5c(cccc35)-c3cccc(N(c5ccc(-c6ccccc6)cc5)c5ccc6c(c5)C(C)(C)c5ccccc5-6)c3O4)cc21. The molecule has 3 heteroatoms. The summed E-state index contributed by atoms with van der Waals surface area (Å²) in [6, 6.07) is 80.2. The second-order valence-electron chi connectivity index (χ2n) is 21.2. The topological polar surface area (TPSA) is 15.7 Å². The molecule has 10 aromatic carbocycles. The van der Waals surface area contributed by atoms with Gasteiger partial charge in [-0.25, -0.2) is 0 Å². The van der Waals surface area contributed by atoms with Crippen molar-refractivity contribution in [2.75, 3.05) is 9.80 Å². The monoisotopic (exact) mass is 938 g/mol. The molecule has 0 fully saturated rings. The first kappa shape index (κ1) is 43.2. The standard InChI is InChI=1S/C70H54N2O/c1-69(2)60-26-13-11-21-53(60)55-39-37-51(43-62(55)69)71(49-33-29-47(30-34-49)45-17-7-5-8-18-45)64-41-42-66-67-57(23-15-25-59(64)67)58-24-16-28-65(68(58)73-66)72(50-35-31-48(32-36-50)46-19-9-6-10-20-46)52-38-40-56-54-22-12-14-27-61(54)70(3,4)63(56)44-52/h5-12,14-25,27-44H,13,26H2,1-4H3. The molecule has 0 N–H and O–H groups in total. The highest BCUT2D eigenvalue weighted by molar-refractivity contribution is 6.12. The maximum absolute atomic E-state index is 7.36. The number of para-hydroxylation sites is 1. The van der Waals surface area contributed by atoms with Gasteiger partial charge < -0.3 is 14.5 Å². The number of nitrogens with zero attached hydrogens (tertiary/aromatic N) is 2. The molecule has 350 valence electrons. The average Bonchev–Trinajstić information content (AvgIpc) is 3.82. The van der Waals surface area contributed by atoms with Crippen molar-refractivity contribution in [3.05, 3.63) is 258 Å². The Morgan fingerprint density at radius 3 is 1.62 bits per heavy atom. The molecule has 3 nitrogen and oxygen atoms in total. The first-order valence-corrected chi connectivity index (χ1v) is 25.8. The fraction of sp³-hybridized carbons (Fsp3) is 0.114. The van der Waals surface area contributed by atoms with E-state index in [0.29, 0.717) is 0 Å². The van der Waals surface area contributed by atoms with Crippen molar-refractivity contribution < 1.29 is 4.74 Å². The van der Waals surface area contributed by atoms with Gasteiger partial charge in [0.1, 0.15) is 5.75 Å². The zero-order chi connectivity index (χ0) is 49.0. The van der Waals surface area contributed by atoms with E-state index < -0.39 is 0 Å². The molecule has 10 aromatic rings. The Hall–Kier alpha value is -8.66. The van der Waals surface area contributed by atoms with Crippen LogP contribution in [0.4, 0.5) is 34.1 Å². The summed E-state index contributed by atoms with van der Waals surface area (Å²) in [6.45, 7) is 9.53. The highest BCUT2D eigenvalue weighted by atomic mass is 16.5. The fourth-order valence-electron chi connectivity index (χ4n) is 12.7.